The van der Waals surface area contributed by atoms with Gasteiger partial charge in [-0.1, -0.05) is 19.9 Å². The van der Waals surface area contributed by atoms with Crippen molar-refractivity contribution in [1.29, 1.82) is 0 Å². The normalized spacial score (nSPS) is 13.5. The summed E-state index contributed by atoms with van der Waals surface area (Å²) in [6.45, 7) is 7.20. The highest BCUT2D eigenvalue weighted by atomic mass is 32.1. The Labute approximate surface area is 84.4 Å². The topological polar surface area (TPSA) is 29.3 Å². The average molecular weight is 198 g/mol. The molecule has 74 valence electrons. The molecular weight excluding hydrogens is 180 g/mol. The van der Waals surface area contributed by atoms with Crippen LogP contribution in [0.2, 0.25) is 0 Å². The summed E-state index contributed by atoms with van der Waals surface area (Å²) in [4.78, 5) is 3.78. The van der Waals surface area contributed by atoms with Crippen LogP contribution in [0.5, 0.6) is 0 Å². The van der Waals surface area contributed by atoms with Crippen LogP contribution in [0.3, 0.4) is 0 Å². The van der Waals surface area contributed by atoms with Crippen LogP contribution in [0, 0.1) is 0 Å². The summed E-state index contributed by atoms with van der Waals surface area (Å²) in [6, 6.07) is 4.67. The molecule has 1 unspecified atom stereocenters. The van der Waals surface area contributed by atoms with Crippen LogP contribution in [0.1, 0.15) is 24.8 Å². The van der Waals surface area contributed by atoms with Crippen molar-refractivity contribution >= 4 is 11.3 Å². The minimum absolute atomic E-state index is 0.412. The highest BCUT2D eigenvalue weighted by Gasteiger charge is 2.16. The van der Waals surface area contributed by atoms with Crippen LogP contribution >= 0.6 is 11.3 Å². The van der Waals surface area contributed by atoms with Crippen molar-refractivity contribution in [2.45, 2.75) is 19.9 Å². The van der Waals surface area contributed by atoms with E-state index in [1.54, 1.807) is 11.3 Å². The molecule has 13 heavy (non-hydrogen) atoms. The monoisotopic (exact) mass is 198 g/mol. The molecule has 0 aliphatic carbocycles. The zero-order valence-electron chi connectivity index (χ0n) is 8.36. The van der Waals surface area contributed by atoms with Crippen molar-refractivity contribution in [2.75, 3.05) is 19.6 Å². The Morgan fingerprint density at radius 1 is 1.46 bits per heavy atom. The van der Waals surface area contributed by atoms with E-state index in [0.717, 1.165) is 13.1 Å². The van der Waals surface area contributed by atoms with Gasteiger partial charge in [0, 0.05) is 11.4 Å². The molecule has 0 aliphatic rings. The molecule has 1 rings (SSSR count). The third kappa shape index (κ3) is 2.53. The van der Waals surface area contributed by atoms with Crippen molar-refractivity contribution in [1.82, 2.24) is 4.90 Å². The molecule has 0 fully saturated rings. The molecule has 0 saturated carbocycles. The lowest BCUT2D eigenvalue weighted by atomic mass is 10.2. The molecule has 2 N–H and O–H groups in total. The molecule has 3 heteroatoms. The lowest BCUT2D eigenvalue weighted by Gasteiger charge is -2.27. The molecule has 1 aromatic rings. The van der Waals surface area contributed by atoms with Crippen molar-refractivity contribution < 1.29 is 0 Å². The van der Waals surface area contributed by atoms with E-state index < -0.39 is 0 Å². The van der Waals surface area contributed by atoms with E-state index in [4.69, 9.17) is 5.73 Å². The SMILES string of the molecule is CCN(CC)C(CN)c1cccs1. The zero-order valence-corrected chi connectivity index (χ0v) is 9.18. The molecular formula is C10H18N2S. The molecule has 0 saturated heterocycles. The predicted octanol–water partition coefficient (Wildman–Crippen LogP) is 2.09. The van der Waals surface area contributed by atoms with Gasteiger partial charge in [0.25, 0.3) is 0 Å². The Hall–Kier alpha value is -0.380. The summed E-state index contributed by atoms with van der Waals surface area (Å²) >= 11 is 1.79. The molecule has 0 aliphatic heterocycles. The predicted molar refractivity (Wildman–Crippen MR) is 59.0 cm³/mol. The van der Waals surface area contributed by atoms with Gasteiger partial charge in [0.05, 0.1) is 6.04 Å². The van der Waals surface area contributed by atoms with E-state index in [0.29, 0.717) is 12.6 Å². The second-order valence-corrected chi connectivity index (χ2v) is 3.97. The number of hydrogen-bond donors (Lipinski definition) is 1. The minimum atomic E-state index is 0.412. The molecule has 1 aromatic heterocycles. The lowest BCUT2D eigenvalue weighted by Crippen LogP contribution is -2.32. The van der Waals surface area contributed by atoms with Crippen LogP contribution in [-0.2, 0) is 0 Å². The van der Waals surface area contributed by atoms with Gasteiger partial charge in [-0.05, 0) is 24.5 Å². The Morgan fingerprint density at radius 3 is 2.54 bits per heavy atom. The van der Waals surface area contributed by atoms with Crippen molar-refractivity contribution in [3.63, 3.8) is 0 Å². The Morgan fingerprint density at radius 2 is 2.15 bits per heavy atom. The summed E-state index contributed by atoms with van der Waals surface area (Å²) < 4.78 is 0. The first kappa shape index (κ1) is 10.7. The van der Waals surface area contributed by atoms with Gasteiger partial charge in [0.15, 0.2) is 0 Å². The largest absolute Gasteiger partial charge is 0.329 e. The highest BCUT2D eigenvalue weighted by molar-refractivity contribution is 7.10. The van der Waals surface area contributed by atoms with Gasteiger partial charge >= 0.3 is 0 Å². The summed E-state index contributed by atoms with van der Waals surface area (Å²) in [5.74, 6) is 0. The van der Waals surface area contributed by atoms with Crippen LogP contribution in [0.4, 0.5) is 0 Å². The maximum Gasteiger partial charge on any atom is 0.0564 e. The van der Waals surface area contributed by atoms with Crippen molar-refractivity contribution in [2.24, 2.45) is 5.73 Å². The van der Waals surface area contributed by atoms with Crippen LogP contribution in [-0.4, -0.2) is 24.5 Å². The molecule has 1 atom stereocenters. The fraction of sp³-hybridized carbons (Fsp3) is 0.600. The number of nitrogens with zero attached hydrogens (tertiary/aromatic N) is 1. The molecule has 0 aromatic carbocycles. The summed E-state index contributed by atoms with van der Waals surface area (Å²) in [6.07, 6.45) is 0. The smallest absolute Gasteiger partial charge is 0.0564 e. The van der Waals surface area contributed by atoms with Crippen molar-refractivity contribution in [3.8, 4) is 0 Å². The van der Waals surface area contributed by atoms with Gasteiger partial charge in [-0.25, -0.2) is 0 Å². The molecule has 0 spiro atoms. The van der Waals surface area contributed by atoms with E-state index in [1.165, 1.54) is 4.88 Å². The Kier molecular flexibility index (Phi) is 4.42. The second kappa shape index (κ2) is 5.37. The number of nitrogens with two attached hydrogens (primary N) is 1. The molecule has 0 amide bonds. The third-order valence-electron chi connectivity index (χ3n) is 2.35. The molecule has 1 heterocycles. The fourth-order valence-electron chi connectivity index (χ4n) is 1.59. The van der Waals surface area contributed by atoms with E-state index in [2.05, 4.69) is 36.3 Å². The van der Waals surface area contributed by atoms with Crippen LogP contribution < -0.4 is 5.73 Å². The molecule has 2 nitrogen and oxygen atoms in total. The van der Waals surface area contributed by atoms with Gasteiger partial charge in [-0.2, -0.15) is 0 Å². The van der Waals surface area contributed by atoms with Gasteiger partial charge in [-0.3, -0.25) is 4.90 Å². The fourth-order valence-corrected chi connectivity index (χ4v) is 2.46. The van der Waals surface area contributed by atoms with Gasteiger partial charge < -0.3 is 5.73 Å². The molecule has 0 bridgehead atoms. The first-order valence-corrected chi connectivity index (χ1v) is 5.68. The van der Waals surface area contributed by atoms with Crippen LogP contribution in [0.25, 0.3) is 0 Å². The number of hydrogen-bond acceptors (Lipinski definition) is 3. The quantitative estimate of drug-likeness (QED) is 0.785. The first-order valence-electron chi connectivity index (χ1n) is 4.81. The summed E-state index contributed by atoms with van der Waals surface area (Å²) in [7, 11) is 0. The standard InChI is InChI=1S/C10H18N2S/c1-3-12(4-2)9(8-11)10-6-5-7-13-10/h5-7,9H,3-4,8,11H2,1-2H3. The maximum atomic E-state index is 5.78. The average Bonchev–Trinajstić information content (AvgIpc) is 2.66. The Bertz CT molecular complexity index is 217. The zero-order chi connectivity index (χ0) is 9.68. The number of thiophene rings is 1. The summed E-state index contributed by atoms with van der Waals surface area (Å²) in [5, 5.41) is 2.11. The number of rotatable bonds is 5. The molecule has 0 radical (unpaired) electrons. The summed E-state index contributed by atoms with van der Waals surface area (Å²) in [5.41, 5.74) is 5.78. The second-order valence-electron chi connectivity index (χ2n) is 2.99. The van der Waals surface area contributed by atoms with Gasteiger partial charge in [0.2, 0.25) is 0 Å². The van der Waals surface area contributed by atoms with E-state index >= 15 is 0 Å². The highest BCUT2D eigenvalue weighted by Crippen LogP contribution is 2.23. The maximum absolute atomic E-state index is 5.78. The third-order valence-corrected chi connectivity index (χ3v) is 3.32. The van der Waals surface area contributed by atoms with E-state index in [-0.39, 0.29) is 0 Å². The Balaban J connectivity index is 2.72. The van der Waals surface area contributed by atoms with Gasteiger partial charge in [-0.15, -0.1) is 11.3 Å². The number of likely N-dealkylation sites (N-methyl/N-ethyl adjacent to an activating group) is 1. The lowest BCUT2D eigenvalue weighted by molar-refractivity contribution is 0.227. The van der Waals surface area contributed by atoms with E-state index in [9.17, 15) is 0 Å². The van der Waals surface area contributed by atoms with E-state index in [1.807, 2.05) is 0 Å². The van der Waals surface area contributed by atoms with Crippen molar-refractivity contribution in [3.05, 3.63) is 22.4 Å². The minimum Gasteiger partial charge on any atom is -0.329 e. The first-order chi connectivity index (χ1) is 6.33. The van der Waals surface area contributed by atoms with Crippen LogP contribution in [0.15, 0.2) is 17.5 Å². The van der Waals surface area contributed by atoms with Gasteiger partial charge in [0.1, 0.15) is 0 Å².